The van der Waals surface area contributed by atoms with Crippen LogP contribution in [0.5, 0.6) is 0 Å². The molecule has 0 N–H and O–H groups in total. The van der Waals surface area contributed by atoms with Gasteiger partial charge in [0, 0.05) is 0 Å². The molecule has 1 unspecified atom stereocenters. The summed E-state index contributed by atoms with van der Waals surface area (Å²) < 4.78 is 8.99. The number of carbonyl (C=O) groups is 1. The minimum absolute atomic E-state index is 0.136. The van der Waals surface area contributed by atoms with Crippen LogP contribution in [0.1, 0.15) is 27.7 Å². The van der Waals surface area contributed by atoms with Crippen LogP contribution in [-0.4, -0.2) is 30.9 Å². The lowest BCUT2D eigenvalue weighted by Crippen LogP contribution is -2.63. The fourth-order valence-electron chi connectivity index (χ4n) is 2.39. The number of rotatable bonds is 5. The van der Waals surface area contributed by atoms with E-state index in [2.05, 4.69) is 14.5 Å². The summed E-state index contributed by atoms with van der Waals surface area (Å²) >= 11 is 0. The quantitative estimate of drug-likeness (QED) is 0.208. The molecule has 0 saturated heterocycles. The van der Waals surface area contributed by atoms with Gasteiger partial charge in [-0.25, -0.2) is 4.79 Å². The van der Waals surface area contributed by atoms with E-state index >= 15 is 0 Å². The van der Waals surface area contributed by atoms with E-state index in [0.717, 1.165) is 0 Å². The molecule has 0 heterocycles. The highest BCUT2D eigenvalue weighted by Crippen LogP contribution is 2.38. The van der Waals surface area contributed by atoms with Gasteiger partial charge in [-0.15, -0.1) is 4.78 Å². The molecule has 7 nitrogen and oxygen atoms in total. The van der Waals surface area contributed by atoms with Gasteiger partial charge in [-0.2, -0.15) is 4.79 Å². The molecule has 0 spiro atoms. The van der Waals surface area contributed by atoms with Crippen LogP contribution in [-0.2, 0) is 9.53 Å². The zero-order valence-corrected chi connectivity index (χ0v) is 14.1. The van der Waals surface area contributed by atoms with Crippen LogP contribution in [0.25, 0.3) is 16.0 Å². The first-order valence-corrected chi connectivity index (χ1v) is 8.81. The first-order chi connectivity index (χ1) is 10.3. The maximum absolute atomic E-state index is 12.3. The summed E-state index contributed by atoms with van der Waals surface area (Å²) in [7, 11) is -3.37. The van der Waals surface area contributed by atoms with Crippen LogP contribution in [0.15, 0.2) is 35.1 Å². The topological polar surface area (TPSA) is 111 Å². The lowest BCUT2D eigenvalue weighted by atomic mass is 10.2. The highest BCUT2D eigenvalue weighted by molar-refractivity contribution is 7.21. The summed E-state index contributed by atoms with van der Waals surface area (Å²) in [5, 5.41) is -0.124. The zero-order chi connectivity index (χ0) is 16.8. The van der Waals surface area contributed by atoms with Crippen LogP contribution in [0.2, 0.25) is 5.04 Å². The van der Waals surface area contributed by atoms with Gasteiger partial charge in [-0.1, -0.05) is 51.1 Å². The number of benzene rings is 1. The Balaban J connectivity index is 3.76. The van der Waals surface area contributed by atoms with E-state index in [1.165, 1.54) is 0 Å². The second-order valence-corrected chi connectivity index (χ2v) is 9.86. The van der Waals surface area contributed by atoms with E-state index in [0.29, 0.717) is 5.19 Å². The second kappa shape index (κ2) is 7.04. The first kappa shape index (κ1) is 17.6. The van der Waals surface area contributed by atoms with Gasteiger partial charge in [0.15, 0.2) is 0 Å². The zero-order valence-electron chi connectivity index (χ0n) is 13.1. The SMILES string of the molecule is CCOC(=O)C(=[N+]=[N-])[Si](N=[N+]=[N-])(c1ccccc1)C(C)(C)C. The molecule has 1 aromatic carbocycles. The van der Waals surface area contributed by atoms with E-state index in [-0.39, 0.29) is 11.9 Å². The third kappa shape index (κ3) is 3.09. The van der Waals surface area contributed by atoms with Gasteiger partial charge in [0.25, 0.3) is 0 Å². The lowest BCUT2D eigenvalue weighted by molar-refractivity contribution is -0.139. The third-order valence-corrected chi connectivity index (χ3v) is 8.10. The molecule has 116 valence electrons. The molecule has 0 saturated carbocycles. The summed E-state index contributed by atoms with van der Waals surface area (Å²) in [6.07, 6.45) is 0. The van der Waals surface area contributed by atoms with Gasteiger partial charge < -0.3 is 10.3 Å². The average Bonchev–Trinajstić information content (AvgIpc) is 2.47. The maximum Gasteiger partial charge on any atom is 0.410 e. The first-order valence-electron chi connectivity index (χ1n) is 6.86. The van der Waals surface area contributed by atoms with E-state index in [9.17, 15) is 10.3 Å². The van der Waals surface area contributed by atoms with Gasteiger partial charge in [0.1, 0.15) is 0 Å². The molecule has 1 aromatic rings. The van der Waals surface area contributed by atoms with Gasteiger partial charge in [0.05, 0.1) is 6.61 Å². The van der Waals surface area contributed by atoms with Crippen LogP contribution in [0, 0.1) is 0 Å². The van der Waals surface area contributed by atoms with Crippen molar-refractivity contribution >= 4 is 24.7 Å². The monoisotopic (exact) mass is 317 g/mol. The number of azide groups is 1. The van der Waals surface area contributed by atoms with Crippen molar-refractivity contribution in [2.45, 2.75) is 32.7 Å². The Morgan fingerprint density at radius 2 is 1.86 bits per heavy atom. The molecule has 0 aliphatic heterocycles. The number of ether oxygens (including phenoxy) is 1. The summed E-state index contributed by atoms with van der Waals surface area (Å²) in [6, 6.07) is 8.94. The van der Waals surface area contributed by atoms with Crippen LogP contribution in [0.3, 0.4) is 0 Å². The standard InChI is InChI=1S/C14H19N5O2Si/c1-5-21-13(20)12(17-15)22(19-18-16,14(2,3)4)11-9-7-6-8-10-11/h6-10H,5H2,1-4H3. The Morgan fingerprint density at radius 1 is 1.27 bits per heavy atom. The second-order valence-electron chi connectivity index (χ2n) is 5.68. The van der Waals surface area contributed by atoms with Crippen LogP contribution in [0.4, 0.5) is 0 Å². The molecular weight excluding hydrogens is 298 g/mol. The maximum atomic E-state index is 12.3. The molecule has 0 aromatic heterocycles. The molecule has 0 aliphatic rings. The highest BCUT2D eigenvalue weighted by atomic mass is 28.3. The molecule has 22 heavy (non-hydrogen) atoms. The fraction of sp³-hybridized carbons (Fsp3) is 0.429. The normalized spacial score (nSPS) is 13.3. The molecule has 0 fully saturated rings. The minimum atomic E-state index is -3.37. The van der Waals surface area contributed by atoms with Crippen molar-refractivity contribution in [2.24, 2.45) is 4.78 Å². The van der Waals surface area contributed by atoms with Crippen molar-refractivity contribution in [3.8, 4) is 0 Å². The number of hydrogen-bond acceptors (Lipinski definition) is 3. The number of nitrogens with zero attached hydrogens (tertiary/aromatic N) is 5. The summed E-state index contributed by atoms with van der Waals surface area (Å²) in [6.45, 7) is 7.35. The number of esters is 1. The van der Waals surface area contributed by atoms with Crippen molar-refractivity contribution in [3.63, 3.8) is 0 Å². The van der Waals surface area contributed by atoms with E-state index < -0.39 is 19.2 Å². The Morgan fingerprint density at radius 3 is 2.27 bits per heavy atom. The largest absolute Gasteiger partial charge is 0.458 e. The summed E-state index contributed by atoms with van der Waals surface area (Å²) in [5.74, 6) is -0.761. The molecule has 1 atom stereocenters. The number of hydrogen-bond donors (Lipinski definition) is 0. The van der Waals surface area contributed by atoms with Crippen molar-refractivity contribution in [1.29, 1.82) is 0 Å². The van der Waals surface area contributed by atoms with Crippen LogP contribution >= 0.6 is 0 Å². The Bertz CT molecular complexity index is 643. The predicted molar refractivity (Wildman–Crippen MR) is 86.0 cm³/mol. The minimum Gasteiger partial charge on any atom is -0.458 e. The highest BCUT2D eigenvalue weighted by Gasteiger charge is 2.60. The number of carbonyl (C=O) groups excluding carboxylic acids is 1. The van der Waals surface area contributed by atoms with Gasteiger partial charge in [0.2, 0.25) is 0 Å². The Hall–Kier alpha value is -2.40. The van der Waals surface area contributed by atoms with Crippen molar-refractivity contribution in [3.05, 3.63) is 46.3 Å². The average molecular weight is 317 g/mol. The molecular formula is C14H19N5O2Si. The molecule has 0 bridgehead atoms. The van der Waals surface area contributed by atoms with E-state index in [1.807, 2.05) is 26.8 Å². The molecule has 0 radical (unpaired) electrons. The molecule has 0 amide bonds. The fourth-order valence-corrected chi connectivity index (χ4v) is 6.07. The van der Waals surface area contributed by atoms with E-state index in [4.69, 9.17) is 10.3 Å². The molecule has 0 aliphatic carbocycles. The smallest absolute Gasteiger partial charge is 0.410 e. The summed E-state index contributed by atoms with van der Waals surface area (Å²) in [5.41, 5.74) is 18.5. The van der Waals surface area contributed by atoms with E-state index in [1.54, 1.807) is 31.2 Å². The molecule has 8 heteroatoms. The van der Waals surface area contributed by atoms with Crippen molar-refractivity contribution in [2.75, 3.05) is 6.61 Å². The Kier molecular flexibility index (Phi) is 5.65. The lowest BCUT2D eigenvalue weighted by Gasteiger charge is -2.34. The van der Waals surface area contributed by atoms with Gasteiger partial charge in [-0.3, -0.25) is 0 Å². The van der Waals surface area contributed by atoms with Crippen LogP contribution < -0.4 is 5.19 Å². The predicted octanol–water partition coefficient (Wildman–Crippen LogP) is 2.72. The third-order valence-electron chi connectivity index (χ3n) is 3.38. The Labute approximate surface area is 130 Å². The molecule has 1 rings (SSSR count). The van der Waals surface area contributed by atoms with Crippen molar-refractivity contribution in [1.82, 2.24) is 0 Å². The van der Waals surface area contributed by atoms with Crippen molar-refractivity contribution < 1.29 is 14.3 Å². The summed E-state index contributed by atoms with van der Waals surface area (Å²) in [4.78, 5) is 18.4. The van der Waals surface area contributed by atoms with Gasteiger partial charge in [-0.05, 0) is 27.6 Å². The van der Waals surface area contributed by atoms with Gasteiger partial charge >= 0.3 is 19.5 Å².